The number of furan rings is 1. The number of fused-ring (bicyclic) bond motifs is 1. The zero-order valence-electron chi connectivity index (χ0n) is 15.2. The molecule has 0 radical (unpaired) electrons. The van der Waals surface area contributed by atoms with Crippen LogP contribution in [0.1, 0.15) is 28.6 Å². The van der Waals surface area contributed by atoms with E-state index in [0.29, 0.717) is 6.54 Å². The number of esters is 1. The van der Waals surface area contributed by atoms with E-state index in [1.807, 2.05) is 16.8 Å². The Morgan fingerprint density at radius 3 is 2.85 bits per heavy atom. The second kappa shape index (κ2) is 7.75. The third-order valence-electron chi connectivity index (χ3n) is 4.07. The van der Waals surface area contributed by atoms with Crippen molar-refractivity contribution in [3.63, 3.8) is 0 Å². The van der Waals surface area contributed by atoms with Crippen molar-refractivity contribution in [1.29, 1.82) is 0 Å². The van der Waals surface area contributed by atoms with Gasteiger partial charge in [-0.25, -0.2) is 9.78 Å². The topological polar surface area (TPSA) is 94.6 Å². The molecule has 0 saturated heterocycles. The number of hydrogen-bond acceptors (Lipinski definition) is 7. The van der Waals surface area contributed by atoms with Crippen molar-refractivity contribution in [1.82, 2.24) is 14.5 Å². The van der Waals surface area contributed by atoms with Gasteiger partial charge in [-0.3, -0.25) is 14.2 Å². The number of thiophene rings is 1. The minimum atomic E-state index is -0.647. The van der Waals surface area contributed by atoms with Crippen LogP contribution in [0.3, 0.4) is 0 Å². The zero-order chi connectivity index (χ0) is 19.6. The lowest BCUT2D eigenvalue weighted by Gasteiger charge is -2.17. The van der Waals surface area contributed by atoms with Crippen LogP contribution >= 0.6 is 11.3 Å². The maximum Gasteiger partial charge on any atom is 0.342 e. The molecule has 0 spiro atoms. The summed E-state index contributed by atoms with van der Waals surface area (Å²) in [6, 6.07) is 1.94. The van der Waals surface area contributed by atoms with Crippen molar-refractivity contribution in [3.8, 4) is 0 Å². The molecule has 0 N–H and O–H groups in total. The summed E-state index contributed by atoms with van der Waals surface area (Å²) in [7, 11) is 1.67. The van der Waals surface area contributed by atoms with E-state index in [9.17, 15) is 14.4 Å². The molecule has 0 aliphatic carbocycles. The van der Waals surface area contributed by atoms with Crippen molar-refractivity contribution in [2.24, 2.45) is 0 Å². The van der Waals surface area contributed by atoms with E-state index in [1.165, 1.54) is 15.8 Å². The Balaban J connectivity index is 1.90. The normalized spacial score (nSPS) is 10.9. The number of aryl methyl sites for hydroxylation is 1. The highest BCUT2D eigenvalue weighted by molar-refractivity contribution is 7.07. The van der Waals surface area contributed by atoms with Gasteiger partial charge in [0.2, 0.25) is 11.6 Å². The standard InChI is InChI=1S/C18H19N3O5S/c1-4-25-18(24)14-11(2)26-16-15(14)17(23)21(10-19-16)8-13(22)20(3)7-12-5-6-27-9-12/h5-6,9-10H,4,7-8H2,1-3H3. The molecule has 3 rings (SSSR count). The molecule has 0 aliphatic rings. The summed E-state index contributed by atoms with van der Waals surface area (Å²) in [5.41, 5.74) is 0.609. The molecule has 1 amide bonds. The number of ether oxygens (including phenoxy) is 1. The highest BCUT2D eigenvalue weighted by Gasteiger charge is 2.24. The lowest BCUT2D eigenvalue weighted by atomic mass is 10.2. The lowest BCUT2D eigenvalue weighted by molar-refractivity contribution is -0.131. The van der Waals surface area contributed by atoms with Gasteiger partial charge in [0.1, 0.15) is 29.6 Å². The van der Waals surface area contributed by atoms with Gasteiger partial charge in [0, 0.05) is 13.6 Å². The van der Waals surface area contributed by atoms with E-state index in [-0.39, 0.29) is 41.5 Å². The summed E-state index contributed by atoms with van der Waals surface area (Å²) in [5, 5.41) is 3.93. The van der Waals surface area contributed by atoms with Gasteiger partial charge in [-0.1, -0.05) is 0 Å². The fourth-order valence-corrected chi connectivity index (χ4v) is 3.37. The van der Waals surface area contributed by atoms with Crippen molar-refractivity contribution in [3.05, 3.63) is 50.4 Å². The Morgan fingerprint density at radius 1 is 1.41 bits per heavy atom. The van der Waals surface area contributed by atoms with E-state index < -0.39 is 11.5 Å². The van der Waals surface area contributed by atoms with Crippen LogP contribution < -0.4 is 5.56 Å². The highest BCUT2D eigenvalue weighted by atomic mass is 32.1. The van der Waals surface area contributed by atoms with Crippen LogP contribution in [0.4, 0.5) is 0 Å². The minimum Gasteiger partial charge on any atom is -0.462 e. The maximum absolute atomic E-state index is 12.8. The Hall–Kier alpha value is -2.94. The molecule has 0 aromatic carbocycles. The Bertz CT molecular complexity index is 1040. The smallest absolute Gasteiger partial charge is 0.342 e. The van der Waals surface area contributed by atoms with Crippen LogP contribution in [0.2, 0.25) is 0 Å². The quantitative estimate of drug-likeness (QED) is 0.600. The fraction of sp³-hybridized carbons (Fsp3) is 0.333. The molecule has 8 nitrogen and oxygen atoms in total. The van der Waals surface area contributed by atoms with E-state index >= 15 is 0 Å². The van der Waals surface area contributed by atoms with E-state index in [2.05, 4.69) is 4.98 Å². The van der Waals surface area contributed by atoms with Crippen molar-refractivity contribution in [2.45, 2.75) is 26.9 Å². The summed E-state index contributed by atoms with van der Waals surface area (Å²) in [6.07, 6.45) is 1.25. The van der Waals surface area contributed by atoms with Gasteiger partial charge in [0.05, 0.1) is 6.61 Å². The SMILES string of the molecule is CCOC(=O)c1c(C)oc2ncn(CC(=O)N(C)Cc3ccsc3)c(=O)c12. The summed E-state index contributed by atoms with van der Waals surface area (Å²) in [5.74, 6) is -0.639. The fourth-order valence-electron chi connectivity index (χ4n) is 2.71. The second-order valence-corrected chi connectivity index (χ2v) is 6.77. The molecular formula is C18H19N3O5S. The predicted molar refractivity (Wildman–Crippen MR) is 99.8 cm³/mol. The largest absolute Gasteiger partial charge is 0.462 e. The average molecular weight is 389 g/mol. The number of amides is 1. The number of carbonyl (C=O) groups excluding carboxylic acids is 2. The van der Waals surface area contributed by atoms with Gasteiger partial charge in [-0.05, 0) is 36.2 Å². The number of carbonyl (C=O) groups is 2. The molecular weight excluding hydrogens is 370 g/mol. The van der Waals surface area contributed by atoms with Gasteiger partial charge in [0.25, 0.3) is 5.56 Å². The zero-order valence-corrected chi connectivity index (χ0v) is 16.0. The number of aromatic nitrogens is 2. The van der Waals surface area contributed by atoms with E-state index in [1.54, 1.807) is 32.2 Å². The summed E-state index contributed by atoms with van der Waals surface area (Å²) < 4.78 is 11.6. The van der Waals surface area contributed by atoms with Crippen molar-refractivity contribution in [2.75, 3.05) is 13.7 Å². The summed E-state index contributed by atoms with van der Waals surface area (Å²) >= 11 is 1.55. The van der Waals surface area contributed by atoms with Crippen LogP contribution in [0.15, 0.2) is 32.4 Å². The number of likely N-dealkylation sites (N-methyl/N-ethyl adjacent to an activating group) is 1. The molecule has 0 saturated carbocycles. The molecule has 0 atom stereocenters. The molecule has 9 heteroatoms. The predicted octanol–water partition coefficient (Wildman–Crippen LogP) is 2.19. The summed E-state index contributed by atoms with van der Waals surface area (Å²) in [6.45, 7) is 3.68. The third kappa shape index (κ3) is 3.77. The minimum absolute atomic E-state index is 0.0294. The third-order valence-corrected chi connectivity index (χ3v) is 4.80. The Kier molecular flexibility index (Phi) is 5.41. The van der Waals surface area contributed by atoms with Crippen LogP contribution in [0.5, 0.6) is 0 Å². The van der Waals surface area contributed by atoms with Gasteiger partial charge in [0.15, 0.2) is 0 Å². The number of nitrogens with zero attached hydrogens (tertiary/aromatic N) is 3. The highest BCUT2D eigenvalue weighted by Crippen LogP contribution is 2.21. The van der Waals surface area contributed by atoms with Crippen LogP contribution in [-0.4, -0.2) is 40.0 Å². The molecule has 142 valence electrons. The van der Waals surface area contributed by atoms with Gasteiger partial charge in [-0.2, -0.15) is 11.3 Å². The number of hydrogen-bond donors (Lipinski definition) is 0. The lowest BCUT2D eigenvalue weighted by Crippen LogP contribution is -2.33. The monoisotopic (exact) mass is 389 g/mol. The first-order valence-corrected chi connectivity index (χ1v) is 9.27. The van der Waals surface area contributed by atoms with Gasteiger partial charge in [-0.15, -0.1) is 0 Å². The van der Waals surface area contributed by atoms with Gasteiger partial charge < -0.3 is 14.1 Å². The second-order valence-electron chi connectivity index (χ2n) is 5.99. The van der Waals surface area contributed by atoms with Crippen LogP contribution in [-0.2, 0) is 22.6 Å². The molecule has 0 fully saturated rings. The maximum atomic E-state index is 12.8. The molecule has 3 heterocycles. The van der Waals surface area contributed by atoms with E-state index in [0.717, 1.165) is 5.56 Å². The first-order valence-electron chi connectivity index (χ1n) is 8.33. The first-order chi connectivity index (χ1) is 12.9. The van der Waals surface area contributed by atoms with E-state index in [4.69, 9.17) is 9.15 Å². The van der Waals surface area contributed by atoms with Crippen molar-refractivity contribution >= 4 is 34.3 Å². The molecule has 0 bridgehead atoms. The van der Waals surface area contributed by atoms with Gasteiger partial charge >= 0.3 is 5.97 Å². The van der Waals surface area contributed by atoms with Crippen LogP contribution in [0.25, 0.3) is 11.1 Å². The number of rotatable bonds is 6. The molecule has 27 heavy (non-hydrogen) atoms. The molecule has 3 aromatic rings. The summed E-state index contributed by atoms with van der Waals surface area (Å²) in [4.78, 5) is 43.1. The molecule has 3 aromatic heterocycles. The van der Waals surface area contributed by atoms with Crippen molar-refractivity contribution < 1.29 is 18.7 Å². The Morgan fingerprint density at radius 2 is 2.19 bits per heavy atom. The van der Waals surface area contributed by atoms with Crippen LogP contribution in [0, 0.1) is 6.92 Å². The molecule has 0 unspecified atom stereocenters. The average Bonchev–Trinajstić information content (AvgIpc) is 3.24. The molecule has 0 aliphatic heterocycles. The first kappa shape index (κ1) is 18.8. The Labute approximate surface area is 159 Å².